The van der Waals surface area contributed by atoms with Crippen LogP contribution in [0.1, 0.15) is 17.7 Å². The first-order valence-electron chi connectivity index (χ1n) is 3.92. The van der Waals surface area contributed by atoms with Gasteiger partial charge in [0.05, 0.1) is 0 Å². The fourth-order valence-electron chi connectivity index (χ4n) is 1.44. The van der Waals surface area contributed by atoms with Gasteiger partial charge >= 0.3 is 0 Å². The third kappa shape index (κ3) is 1.50. The Bertz CT molecular complexity index is 335. The van der Waals surface area contributed by atoms with Gasteiger partial charge < -0.3 is 0 Å². The van der Waals surface area contributed by atoms with Gasteiger partial charge in [-0.3, -0.25) is 4.79 Å². The molecule has 0 fully saturated rings. The van der Waals surface area contributed by atoms with Crippen LogP contribution in [0, 0.1) is 3.70 Å². The summed E-state index contributed by atoms with van der Waals surface area (Å²) in [5.74, 6) is 0.338. The van der Waals surface area contributed by atoms with Crippen molar-refractivity contribution >= 4 is 28.4 Å². The van der Waals surface area contributed by atoms with E-state index in [1.54, 1.807) is 0 Å². The highest BCUT2D eigenvalue weighted by molar-refractivity contribution is 14.1. The minimum atomic E-state index is 0.338. The number of pyridine rings is 1. The highest BCUT2D eigenvalue weighted by atomic mass is 127. The Hall–Kier alpha value is -0.450. The number of nitrogens with zero attached hydrogens (tertiary/aromatic N) is 1. The highest BCUT2D eigenvalue weighted by Crippen LogP contribution is 2.17. The lowest BCUT2D eigenvalue weighted by Crippen LogP contribution is -2.14. The first-order chi connectivity index (χ1) is 5.75. The Kier molecular flexibility index (Phi) is 2.12. The maximum absolute atomic E-state index is 11.1. The zero-order chi connectivity index (χ0) is 8.55. The molecule has 1 aliphatic carbocycles. The van der Waals surface area contributed by atoms with E-state index in [0.717, 1.165) is 21.4 Å². The van der Waals surface area contributed by atoms with Gasteiger partial charge in [-0.2, -0.15) is 0 Å². The minimum absolute atomic E-state index is 0.338. The van der Waals surface area contributed by atoms with Crippen LogP contribution in [0.5, 0.6) is 0 Å². The van der Waals surface area contributed by atoms with E-state index in [9.17, 15) is 4.79 Å². The van der Waals surface area contributed by atoms with Crippen LogP contribution in [0.15, 0.2) is 12.1 Å². The van der Waals surface area contributed by atoms with E-state index in [2.05, 4.69) is 27.6 Å². The number of rotatable bonds is 0. The summed E-state index contributed by atoms with van der Waals surface area (Å²) >= 11 is 2.20. The van der Waals surface area contributed by atoms with Crippen molar-refractivity contribution in [2.45, 2.75) is 19.3 Å². The first-order valence-corrected chi connectivity index (χ1v) is 4.99. The molecule has 62 valence electrons. The number of carbonyl (C=O) groups excluding carboxylic acids is 1. The summed E-state index contributed by atoms with van der Waals surface area (Å²) in [6.07, 6.45) is 2.07. The summed E-state index contributed by atoms with van der Waals surface area (Å²) in [6, 6.07) is 3.97. The van der Waals surface area contributed by atoms with E-state index >= 15 is 0 Å². The summed E-state index contributed by atoms with van der Waals surface area (Å²) in [7, 11) is 0. The Labute approximate surface area is 84.5 Å². The van der Waals surface area contributed by atoms with Crippen molar-refractivity contribution in [1.82, 2.24) is 4.98 Å². The Morgan fingerprint density at radius 1 is 1.33 bits per heavy atom. The molecule has 12 heavy (non-hydrogen) atoms. The van der Waals surface area contributed by atoms with Gasteiger partial charge in [-0.05, 0) is 40.6 Å². The second-order valence-electron chi connectivity index (χ2n) is 2.96. The molecule has 0 aromatic carbocycles. The highest BCUT2D eigenvalue weighted by Gasteiger charge is 2.16. The number of aromatic nitrogens is 1. The standard InChI is InChI=1S/C9H8INO/c10-9-4-1-6-5-7(12)2-3-8(6)11-9/h1,4H,2-3,5H2. The number of hydrogen-bond acceptors (Lipinski definition) is 2. The van der Waals surface area contributed by atoms with Gasteiger partial charge in [-0.1, -0.05) is 6.07 Å². The van der Waals surface area contributed by atoms with Crippen LogP contribution >= 0.6 is 22.6 Å². The predicted molar refractivity (Wildman–Crippen MR) is 54.0 cm³/mol. The molecular weight excluding hydrogens is 265 g/mol. The largest absolute Gasteiger partial charge is 0.299 e. The van der Waals surface area contributed by atoms with Gasteiger partial charge in [0.25, 0.3) is 0 Å². The summed E-state index contributed by atoms with van der Waals surface area (Å²) in [5.41, 5.74) is 2.23. The van der Waals surface area contributed by atoms with E-state index in [1.807, 2.05) is 12.1 Å². The lowest BCUT2D eigenvalue weighted by molar-refractivity contribution is -0.118. The summed E-state index contributed by atoms with van der Waals surface area (Å²) in [5, 5.41) is 0. The van der Waals surface area contributed by atoms with Crippen molar-refractivity contribution < 1.29 is 4.79 Å². The van der Waals surface area contributed by atoms with Crippen molar-refractivity contribution in [2.24, 2.45) is 0 Å². The van der Waals surface area contributed by atoms with Gasteiger partial charge in [-0.15, -0.1) is 0 Å². The normalized spacial score (nSPS) is 15.9. The maximum atomic E-state index is 11.1. The van der Waals surface area contributed by atoms with Crippen molar-refractivity contribution in [3.05, 3.63) is 27.1 Å². The van der Waals surface area contributed by atoms with Crippen LogP contribution in [0.3, 0.4) is 0 Å². The number of Topliss-reactive ketones (excluding diaryl/α,β-unsaturated/α-hetero) is 1. The van der Waals surface area contributed by atoms with E-state index in [0.29, 0.717) is 18.6 Å². The number of fused-ring (bicyclic) bond motifs is 1. The molecule has 1 aromatic rings. The van der Waals surface area contributed by atoms with Crippen LogP contribution in [0.4, 0.5) is 0 Å². The Morgan fingerprint density at radius 3 is 3.00 bits per heavy atom. The van der Waals surface area contributed by atoms with Gasteiger partial charge in [0, 0.05) is 18.5 Å². The van der Waals surface area contributed by atoms with E-state index in [4.69, 9.17) is 0 Å². The molecule has 0 aliphatic heterocycles. The molecule has 2 rings (SSSR count). The first kappa shape index (κ1) is 8.16. The Morgan fingerprint density at radius 2 is 2.17 bits per heavy atom. The third-order valence-electron chi connectivity index (χ3n) is 2.06. The quantitative estimate of drug-likeness (QED) is 0.532. The smallest absolute Gasteiger partial charge is 0.137 e. The molecule has 0 spiro atoms. The van der Waals surface area contributed by atoms with Gasteiger partial charge in [0.1, 0.15) is 9.48 Å². The van der Waals surface area contributed by atoms with Crippen molar-refractivity contribution in [2.75, 3.05) is 0 Å². The SMILES string of the molecule is O=C1CCc2nc(I)ccc2C1. The van der Waals surface area contributed by atoms with E-state index in [-0.39, 0.29) is 0 Å². The predicted octanol–water partition coefficient (Wildman–Crippen LogP) is 1.74. The molecule has 0 saturated carbocycles. The molecule has 0 bridgehead atoms. The van der Waals surface area contributed by atoms with Gasteiger partial charge in [0.15, 0.2) is 0 Å². The molecule has 0 atom stereocenters. The number of carbonyl (C=O) groups is 1. The number of hydrogen-bond donors (Lipinski definition) is 0. The fourth-order valence-corrected chi connectivity index (χ4v) is 1.91. The van der Waals surface area contributed by atoms with Crippen LogP contribution in [-0.4, -0.2) is 10.8 Å². The Balaban J connectivity index is 2.43. The van der Waals surface area contributed by atoms with E-state index in [1.165, 1.54) is 0 Å². The monoisotopic (exact) mass is 273 g/mol. The maximum Gasteiger partial charge on any atom is 0.137 e. The topological polar surface area (TPSA) is 30.0 Å². The van der Waals surface area contributed by atoms with Crippen molar-refractivity contribution in [3.63, 3.8) is 0 Å². The molecule has 0 N–H and O–H groups in total. The second-order valence-corrected chi connectivity index (χ2v) is 4.06. The average Bonchev–Trinajstić information content (AvgIpc) is 2.05. The van der Waals surface area contributed by atoms with Crippen LogP contribution in [-0.2, 0) is 17.6 Å². The van der Waals surface area contributed by atoms with Crippen LogP contribution in [0.2, 0.25) is 0 Å². The van der Waals surface area contributed by atoms with Crippen molar-refractivity contribution in [3.8, 4) is 0 Å². The summed E-state index contributed by atoms with van der Waals surface area (Å²) < 4.78 is 1.01. The number of halogens is 1. The zero-order valence-corrected chi connectivity index (χ0v) is 8.67. The van der Waals surface area contributed by atoms with Crippen LogP contribution < -0.4 is 0 Å². The van der Waals surface area contributed by atoms with Crippen LogP contribution in [0.25, 0.3) is 0 Å². The van der Waals surface area contributed by atoms with Gasteiger partial charge in [0.2, 0.25) is 0 Å². The molecule has 0 saturated heterocycles. The average molecular weight is 273 g/mol. The fraction of sp³-hybridized carbons (Fsp3) is 0.333. The lowest BCUT2D eigenvalue weighted by atomic mass is 9.95. The number of ketones is 1. The molecular formula is C9H8INO. The number of aryl methyl sites for hydroxylation is 1. The summed E-state index contributed by atoms with van der Waals surface area (Å²) in [4.78, 5) is 15.5. The second kappa shape index (κ2) is 3.12. The molecule has 1 heterocycles. The van der Waals surface area contributed by atoms with E-state index < -0.39 is 0 Å². The lowest BCUT2D eigenvalue weighted by Gasteiger charge is -2.13. The zero-order valence-electron chi connectivity index (χ0n) is 6.51. The molecule has 1 aliphatic rings. The molecule has 2 nitrogen and oxygen atoms in total. The van der Waals surface area contributed by atoms with Crippen molar-refractivity contribution in [1.29, 1.82) is 0 Å². The minimum Gasteiger partial charge on any atom is -0.299 e. The molecule has 0 radical (unpaired) electrons. The molecule has 0 unspecified atom stereocenters. The third-order valence-corrected chi connectivity index (χ3v) is 2.66. The van der Waals surface area contributed by atoms with Gasteiger partial charge in [-0.25, -0.2) is 4.98 Å². The summed E-state index contributed by atoms with van der Waals surface area (Å²) in [6.45, 7) is 0. The molecule has 0 amide bonds. The molecule has 1 aromatic heterocycles. The molecule has 3 heteroatoms.